The Morgan fingerprint density at radius 3 is 2.25 bits per heavy atom. The van der Waals surface area contributed by atoms with Gasteiger partial charge in [0.2, 0.25) is 0 Å². The quantitative estimate of drug-likeness (QED) is 0.537. The minimum atomic E-state index is -4.45. The second-order valence-electron chi connectivity index (χ2n) is 8.01. The van der Waals surface area contributed by atoms with Gasteiger partial charge in [-0.25, -0.2) is 0 Å². The molecule has 0 unspecified atom stereocenters. The molecular weight excluding hydrogens is 371 g/mol. The molecule has 1 aromatic rings. The molecule has 7 heteroatoms. The van der Waals surface area contributed by atoms with E-state index in [1.807, 2.05) is 4.90 Å². The van der Waals surface area contributed by atoms with Crippen molar-refractivity contribution in [1.29, 1.82) is 0 Å². The Morgan fingerprint density at radius 2 is 1.75 bits per heavy atom. The highest BCUT2D eigenvalue weighted by Gasteiger charge is 2.33. The second-order valence-corrected chi connectivity index (χ2v) is 8.01. The second kappa shape index (κ2) is 8.37. The number of ketones is 1. The molecule has 0 radical (unpaired) electrons. The van der Waals surface area contributed by atoms with E-state index in [0.717, 1.165) is 12.1 Å². The van der Waals surface area contributed by atoms with Gasteiger partial charge in [-0.15, -0.1) is 0 Å². The first kappa shape index (κ1) is 22.0. The summed E-state index contributed by atoms with van der Waals surface area (Å²) in [5.41, 5.74) is -0.356. The first-order chi connectivity index (χ1) is 12.9. The highest BCUT2D eigenvalue weighted by Crippen LogP contribution is 2.35. The Hall–Kier alpha value is -2.31. The number of piperidine rings is 1. The third kappa shape index (κ3) is 6.11. The summed E-state index contributed by atoms with van der Waals surface area (Å²) >= 11 is 0. The lowest BCUT2D eigenvalue weighted by Gasteiger charge is -2.35. The number of carbonyl (C=O) groups is 2. The lowest BCUT2D eigenvalue weighted by atomic mass is 9.95. The van der Waals surface area contributed by atoms with Gasteiger partial charge in [-0.05, 0) is 70.4 Å². The molecule has 0 N–H and O–H groups in total. The minimum absolute atomic E-state index is 0.186. The summed E-state index contributed by atoms with van der Waals surface area (Å²) in [6.07, 6.45) is -0.591. The van der Waals surface area contributed by atoms with Crippen LogP contribution >= 0.6 is 0 Å². The molecule has 2 rings (SSSR count). The number of benzene rings is 1. The van der Waals surface area contributed by atoms with E-state index in [0.29, 0.717) is 37.2 Å². The number of alkyl halides is 3. The zero-order chi connectivity index (χ0) is 21.1. The highest BCUT2D eigenvalue weighted by atomic mass is 19.4. The molecule has 0 bridgehead atoms. The van der Waals surface area contributed by atoms with Crippen LogP contribution in [-0.4, -0.2) is 30.4 Å². The monoisotopic (exact) mass is 397 g/mol. The van der Waals surface area contributed by atoms with E-state index < -0.39 is 17.3 Å². The number of allylic oxidation sites excluding steroid dienone is 1. The third-order valence-electron chi connectivity index (χ3n) is 4.43. The summed E-state index contributed by atoms with van der Waals surface area (Å²) in [5, 5.41) is 0. The molecule has 1 aliphatic heterocycles. The average molecular weight is 397 g/mol. The number of esters is 1. The standard InChI is InChI=1S/C21H26F3NO3/c1-14(26)5-6-15-7-8-17(21(22,23)24)13-18(15)25-11-9-16(10-12-25)19(27)28-20(2,3)4/h5-8,13,16H,9-12H2,1-4H3/b6-5-. The molecular formula is C21H26F3NO3. The van der Waals surface area contributed by atoms with Gasteiger partial charge in [0.05, 0.1) is 11.5 Å². The number of nitrogens with zero attached hydrogens (tertiary/aromatic N) is 1. The van der Waals surface area contributed by atoms with Crippen LogP contribution in [0.2, 0.25) is 0 Å². The van der Waals surface area contributed by atoms with Gasteiger partial charge in [-0.3, -0.25) is 9.59 Å². The van der Waals surface area contributed by atoms with Crippen molar-refractivity contribution in [2.45, 2.75) is 52.3 Å². The number of halogens is 3. The van der Waals surface area contributed by atoms with Crippen LogP contribution in [0.1, 0.15) is 51.7 Å². The molecule has 0 spiro atoms. The van der Waals surface area contributed by atoms with Gasteiger partial charge in [-0.2, -0.15) is 13.2 Å². The van der Waals surface area contributed by atoms with E-state index in [2.05, 4.69) is 0 Å². The van der Waals surface area contributed by atoms with E-state index in [1.165, 1.54) is 25.1 Å². The first-order valence-corrected chi connectivity index (χ1v) is 9.24. The largest absolute Gasteiger partial charge is 0.460 e. The predicted molar refractivity (Wildman–Crippen MR) is 102 cm³/mol. The Kier molecular flexibility index (Phi) is 6.57. The zero-order valence-corrected chi connectivity index (χ0v) is 16.6. The number of hydrogen-bond donors (Lipinski definition) is 0. The van der Waals surface area contributed by atoms with E-state index >= 15 is 0 Å². The van der Waals surface area contributed by atoms with E-state index in [4.69, 9.17) is 4.74 Å². The fourth-order valence-electron chi connectivity index (χ4n) is 3.08. The van der Waals surface area contributed by atoms with E-state index in [1.54, 1.807) is 20.8 Å². The maximum absolute atomic E-state index is 13.2. The molecule has 1 aromatic carbocycles. The number of anilines is 1. The fourth-order valence-corrected chi connectivity index (χ4v) is 3.08. The van der Waals surface area contributed by atoms with Crippen molar-refractivity contribution >= 4 is 23.5 Å². The smallest absolute Gasteiger partial charge is 0.416 e. The third-order valence-corrected chi connectivity index (χ3v) is 4.43. The minimum Gasteiger partial charge on any atom is -0.460 e. The number of ether oxygens (including phenoxy) is 1. The predicted octanol–water partition coefficient (Wildman–Crippen LogP) is 4.87. The van der Waals surface area contributed by atoms with Crippen molar-refractivity contribution in [3.8, 4) is 0 Å². The van der Waals surface area contributed by atoms with E-state index in [-0.39, 0.29) is 17.7 Å². The Morgan fingerprint density at radius 1 is 1.14 bits per heavy atom. The van der Waals surface area contributed by atoms with Crippen molar-refractivity contribution < 1.29 is 27.5 Å². The van der Waals surface area contributed by atoms with Crippen molar-refractivity contribution in [1.82, 2.24) is 0 Å². The maximum Gasteiger partial charge on any atom is 0.416 e. The van der Waals surface area contributed by atoms with Gasteiger partial charge in [0.25, 0.3) is 0 Å². The van der Waals surface area contributed by atoms with Gasteiger partial charge in [0.15, 0.2) is 5.78 Å². The molecule has 1 saturated heterocycles. The normalized spacial score (nSPS) is 16.5. The van der Waals surface area contributed by atoms with Crippen LogP contribution in [0.5, 0.6) is 0 Å². The summed E-state index contributed by atoms with van der Waals surface area (Å²) in [5.74, 6) is -0.722. The number of hydrogen-bond acceptors (Lipinski definition) is 4. The van der Waals surface area contributed by atoms with Crippen molar-refractivity contribution in [3.63, 3.8) is 0 Å². The summed E-state index contributed by atoms with van der Waals surface area (Å²) < 4.78 is 44.9. The fraction of sp³-hybridized carbons (Fsp3) is 0.524. The molecule has 0 aromatic heterocycles. The van der Waals surface area contributed by atoms with Gasteiger partial charge in [0, 0.05) is 18.8 Å². The number of carbonyl (C=O) groups excluding carboxylic acids is 2. The SMILES string of the molecule is CC(=O)/C=C\c1ccc(C(F)(F)F)cc1N1CCC(C(=O)OC(C)(C)C)CC1. The van der Waals surface area contributed by atoms with Crippen molar-refractivity contribution in [3.05, 3.63) is 35.4 Å². The molecule has 4 nitrogen and oxygen atoms in total. The Bertz CT molecular complexity index is 755. The van der Waals surface area contributed by atoms with E-state index in [9.17, 15) is 22.8 Å². The lowest BCUT2D eigenvalue weighted by molar-refractivity contribution is -0.160. The van der Waals surface area contributed by atoms with Crippen LogP contribution in [0.15, 0.2) is 24.3 Å². The van der Waals surface area contributed by atoms with Crippen LogP contribution in [0.4, 0.5) is 18.9 Å². The number of rotatable bonds is 4. The molecule has 1 aliphatic rings. The molecule has 0 saturated carbocycles. The Labute approximate surface area is 163 Å². The molecule has 154 valence electrons. The maximum atomic E-state index is 13.2. The Balaban J connectivity index is 2.22. The van der Waals surface area contributed by atoms with Crippen LogP contribution in [0.3, 0.4) is 0 Å². The first-order valence-electron chi connectivity index (χ1n) is 9.24. The molecule has 0 atom stereocenters. The van der Waals surface area contributed by atoms with Gasteiger partial charge in [0.1, 0.15) is 5.60 Å². The molecule has 0 amide bonds. The average Bonchev–Trinajstić information content (AvgIpc) is 2.57. The summed E-state index contributed by atoms with van der Waals surface area (Å²) in [4.78, 5) is 25.3. The van der Waals surface area contributed by atoms with Crippen molar-refractivity contribution in [2.75, 3.05) is 18.0 Å². The van der Waals surface area contributed by atoms with Gasteiger partial charge >= 0.3 is 12.1 Å². The highest BCUT2D eigenvalue weighted by molar-refractivity contribution is 5.92. The van der Waals surface area contributed by atoms with Crippen LogP contribution in [-0.2, 0) is 20.5 Å². The topological polar surface area (TPSA) is 46.6 Å². The summed E-state index contributed by atoms with van der Waals surface area (Å²) in [6, 6.07) is 3.49. The van der Waals surface area contributed by atoms with Gasteiger partial charge < -0.3 is 9.64 Å². The van der Waals surface area contributed by atoms with Gasteiger partial charge in [-0.1, -0.05) is 6.07 Å². The molecule has 1 heterocycles. The lowest BCUT2D eigenvalue weighted by Crippen LogP contribution is -2.39. The molecule has 0 aliphatic carbocycles. The van der Waals surface area contributed by atoms with Crippen LogP contribution < -0.4 is 4.90 Å². The molecule has 1 fully saturated rings. The van der Waals surface area contributed by atoms with Crippen LogP contribution in [0.25, 0.3) is 6.08 Å². The van der Waals surface area contributed by atoms with Crippen LogP contribution in [0, 0.1) is 5.92 Å². The summed E-state index contributed by atoms with van der Waals surface area (Å²) in [7, 11) is 0. The zero-order valence-electron chi connectivity index (χ0n) is 16.6. The summed E-state index contributed by atoms with van der Waals surface area (Å²) in [6.45, 7) is 7.66. The molecule has 28 heavy (non-hydrogen) atoms. The van der Waals surface area contributed by atoms with Crippen molar-refractivity contribution in [2.24, 2.45) is 5.92 Å².